The Bertz CT molecular complexity index is 1150. The van der Waals surface area contributed by atoms with Crippen molar-refractivity contribution in [2.75, 3.05) is 6.54 Å². The van der Waals surface area contributed by atoms with Crippen LogP contribution < -0.4 is 11.3 Å². The summed E-state index contributed by atoms with van der Waals surface area (Å²) in [7, 11) is 0. The fourth-order valence-electron chi connectivity index (χ4n) is 3.66. The molecule has 0 spiro atoms. The number of nitrogens with zero attached hydrogens (tertiary/aromatic N) is 3. The Morgan fingerprint density at radius 2 is 2.00 bits per heavy atom. The molecule has 8 heteroatoms. The molecule has 0 bridgehead atoms. The molecule has 2 amide bonds. The first kappa shape index (κ1) is 19.1. The van der Waals surface area contributed by atoms with Crippen LogP contribution in [0.2, 0.25) is 0 Å². The fraction of sp³-hybridized carbons (Fsp3) is 0.238. The van der Waals surface area contributed by atoms with E-state index in [0.29, 0.717) is 37.3 Å². The number of aromatic nitrogens is 2. The predicted octanol–water partition coefficient (Wildman–Crippen LogP) is 1.96. The maximum absolute atomic E-state index is 12.9. The summed E-state index contributed by atoms with van der Waals surface area (Å²) in [6.07, 6.45) is 2.15. The van der Waals surface area contributed by atoms with Crippen LogP contribution in [0.1, 0.15) is 42.5 Å². The van der Waals surface area contributed by atoms with Gasteiger partial charge in [0.25, 0.3) is 17.4 Å². The third-order valence-corrected chi connectivity index (χ3v) is 5.81. The minimum atomic E-state index is -0.733. The molecule has 0 radical (unpaired) electrons. The second-order valence-electron chi connectivity index (χ2n) is 7.02. The topological polar surface area (TPSA) is 98.3 Å². The lowest BCUT2D eigenvalue weighted by Gasteiger charge is -2.30. The molecule has 2 N–H and O–H groups in total. The van der Waals surface area contributed by atoms with E-state index in [-0.39, 0.29) is 11.5 Å². The lowest BCUT2D eigenvalue weighted by Crippen LogP contribution is -2.40. The Morgan fingerprint density at radius 3 is 2.66 bits per heavy atom. The molecule has 1 aromatic carbocycles. The predicted molar refractivity (Wildman–Crippen MR) is 110 cm³/mol. The largest absolute Gasteiger partial charge is 0.365 e. The Kier molecular flexibility index (Phi) is 5.02. The number of fused-ring (bicyclic) bond motifs is 1. The standard InChI is InChI=1S/C21H20N4O3S/c1-13-23-17(12-29-13)20(27)24-8-7-16-15(10-24)11-25(21(28)18(16)19(22)26)9-14-5-3-2-4-6-14/h2-6,11-12H,7-10H2,1H3,(H2,22,26). The van der Waals surface area contributed by atoms with E-state index in [1.54, 1.807) is 16.5 Å². The zero-order chi connectivity index (χ0) is 20.5. The molecule has 0 atom stereocenters. The molecule has 7 nitrogen and oxygen atoms in total. The van der Waals surface area contributed by atoms with Gasteiger partial charge in [-0.2, -0.15) is 0 Å². The van der Waals surface area contributed by atoms with Gasteiger partial charge in [-0.1, -0.05) is 30.3 Å². The monoisotopic (exact) mass is 408 g/mol. The van der Waals surface area contributed by atoms with E-state index in [9.17, 15) is 14.4 Å². The molecular weight excluding hydrogens is 388 g/mol. The molecule has 2 aromatic heterocycles. The minimum absolute atomic E-state index is 0.0232. The van der Waals surface area contributed by atoms with Crippen molar-refractivity contribution in [3.8, 4) is 0 Å². The molecule has 0 unspecified atom stereocenters. The molecule has 0 fully saturated rings. The van der Waals surface area contributed by atoms with Crippen molar-refractivity contribution in [2.24, 2.45) is 5.73 Å². The quantitative estimate of drug-likeness (QED) is 0.713. The van der Waals surface area contributed by atoms with Gasteiger partial charge >= 0.3 is 0 Å². The van der Waals surface area contributed by atoms with E-state index in [2.05, 4.69) is 4.98 Å². The van der Waals surface area contributed by atoms with Crippen molar-refractivity contribution in [3.05, 3.63) is 85.2 Å². The van der Waals surface area contributed by atoms with Crippen LogP contribution in [0.5, 0.6) is 0 Å². The van der Waals surface area contributed by atoms with Gasteiger partial charge in [-0.25, -0.2) is 4.98 Å². The second kappa shape index (κ2) is 7.63. The molecule has 29 heavy (non-hydrogen) atoms. The van der Waals surface area contributed by atoms with Crippen molar-refractivity contribution < 1.29 is 9.59 Å². The second-order valence-corrected chi connectivity index (χ2v) is 8.08. The third-order valence-electron chi connectivity index (χ3n) is 5.04. The van der Waals surface area contributed by atoms with Gasteiger partial charge in [0.2, 0.25) is 0 Å². The highest BCUT2D eigenvalue weighted by atomic mass is 32.1. The lowest BCUT2D eigenvalue weighted by molar-refractivity contribution is 0.0728. The van der Waals surface area contributed by atoms with E-state index < -0.39 is 11.5 Å². The summed E-state index contributed by atoms with van der Waals surface area (Å²) in [5.74, 6) is -0.884. The number of nitrogens with two attached hydrogens (primary N) is 1. The smallest absolute Gasteiger partial charge is 0.273 e. The Labute approximate surface area is 171 Å². The SMILES string of the molecule is Cc1nc(C(=O)N2CCc3c(cn(Cc4ccccc4)c(=O)c3C(N)=O)C2)cs1. The van der Waals surface area contributed by atoms with Crippen molar-refractivity contribution >= 4 is 23.2 Å². The fourth-order valence-corrected chi connectivity index (χ4v) is 4.25. The third kappa shape index (κ3) is 3.71. The van der Waals surface area contributed by atoms with E-state index in [1.807, 2.05) is 37.3 Å². The van der Waals surface area contributed by atoms with E-state index in [4.69, 9.17) is 5.73 Å². The molecule has 3 aromatic rings. The number of carbonyl (C=O) groups excluding carboxylic acids is 2. The number of primary amides is 1. The molecule has 1 aliphatic heterocycles. The first-order valence-electron chi connectivity index (χ1n) is 9.24. The summed E-state index contributed by atoms with van der Waals surface area (Å²) in [5.41, 5.74) is 7.94. The molecule has 3 heterocycles. The Hall–Kier alpha value is -3.26. The van der Waals surface area contributed by atoms with Gasteiger partial charge in [0.1, 0.15) is 11.3 Å². The zero-order valence-electron chi connectivity index (χ0n) is 15.9. The van der Waals surface area contributed by atoms with Crippen LogP contribution in [0.4, 0.5) is 0 Å². The summed E-state index contributed by atoms with van der Waals surface area (Å²) in [4.78, 5) is 43.7. The van der Waals surface area contributed by atoms with Crippen LogP contribution in [0, 0.1) is 6.92 Å². The summed E-state index contributed by atoms with van der Waals surface area (Å²) < 4.78 is 1.50. The van der Waals surface area contributed by atoms with Crippen LogP contribution in [0.3, 0.4) is 0 Å². The van der Waals surface area contributed by atoms with Crippen molar-refractivity contribution in [3.63, 3.8) is 0 Å². The van der Waals surface area contributed by atoms with E-state index in [0.717, 1.165) is 16.1 Å². The number of benzene rings is 1. The van der Waals surface area contributed by atoms with Crippen LogP contribution in [0.15, 0.2) is 46.7 Å². The summed E-state index contributed by atoms with van der Waals surface area (Å²) >= 11 is 1.43. The molecule has 0 saturated heterocycles. The molecule has 148 valence electrons. The van der Waals surface area contributed by atoms with Gasteiger partial charge in [0.05, 0.1) is 11.6 Å². The van der Waals surface area contributed by atoms with Gasteiger partial charge in [-0.15, -0.1) is 11.3 Å². The van der Waals surface area contributed by atoms with Crippen LogP contribution in [-0.4, -0.2) is 32.8 Å². The van der Waals surface area contributed by atoms with Crippen LogP contribution >= 0.6 is 11.3 Å². The lowest BCUT2D eigenvalue weighted by atomic mass is 9.96. The zero-order valence-corrected chi connectivity index (χ0v) is 16.7. The number of rotatable bonds is 4. The van der Waals surface area contributed by atoms with Crippen molar-refractivity contribution in [2.45, 2.75) is 26.4 Å². The highest BCUT2D eigenvalue weighted by Gasteiger charge is 2.28. The minimum Gasteiger partial charge on any atom is -0.365 e. The number of pyridine rings is 1. The Morgan fingerprint density at radius 1 is 1.24 bits per heavy atom. The number of hydrogen-bond acceptors (Lipinski definition) is 5. The maximum Gasteiger partial charge on any atom is 0.273 e. The van der Waals surface area contributed by atoms with E-state index in [1.165, 1.54) is 15.9 Å². The van der Waals surface area contributed by atoms with Gasteiger partial charge in [0, 0.05) is 24.7 Å². The summed E-state index contributed by atoms with van der Waals surface area (Å²) in [6.45, 7) is 2.89. The maximum atomic E-state index is 12.9. The summed E-state index contributed by atoms with van der Waals surface area (Å²) in [5, 5.41) is 2.58. The first-order chi connectivity index (χ1) is 13.9. The first-order valence-corrected chi connectivity index (χ1v) is 10.1. The van der Waals surface area contributed by atoms with Crippen LogP contribution in [-0.2, 0) is 19.5 Å². The van der Waals surface area contributed by atoms with Crippen molar-refractivity contribution in [1.29, 1.82) is 0 Å². The number of hydrogen-bond donors (Lipinski definition) is 1. The highest BCUT2D eigenvalue weighted by Crippen LogP contribution is 2.23. The number of aryl methyl sites for hydroxylation is 1. The van der Waals surface area contributed by atoms with Gasteiger partial charge in [-0.05, 0) is 30.0 Å². The normalized spacial score (nSPS) is 13.2. The Balaban J connectivity index is 1.71. The average Bonchev–Trinajstić information content (AvgIpc) is 3.14. The van der Waals surface area contributed by atoms with E-state index >= 15 is 0 Å². The summed E-state index contributed by atoms with van der Waals surface area (Å²) in [6, 6.07) is 9.51. The highest BCUT2D eigenvalue weighted by molar-refractivity contribution is 7.09. The average molecular weight is 408 g/mol. The van der Waals surface area contributed by atoms with Gasteiger partial charge in [-0.3, -0.25) is 14.4 Å². The van der Waals surface area contributed by atoms with Gasteiger partial charge in [0.15, 0.2) is 0 Å². The molecular formula is C21H20N4O3S. The molecule has 0 saturated carbocycles. The van der Waals surface area contributed by atoms with Gasteiger partial charge < -0.3 is 15.2 Å². The molecule has 1 aliphatic rings. The van der Waals surface area contributed by atoms with Crippen molar-refractivity contribution in [1.82, 2.24) is 14.5 Å². The molecule has 0 aliphatic carbocycles. The number of amides is 2. The number of carbonyl (C=O) groups is 2. The number of thiazole rings is 1. The van der Waals surface area contributed by atoms with Crippen LogP contribution in [0.25, 0.3) is 0 Å². The molecule has 4 rings (SSSR count).